The third-order valence-corrected chi connectivity index (χ3v) is 4.81. The van der Waals surface area contributed by atoms with Crippen LogP contribution in [0.5, 0.6) is 0 Å². The maximum absolute atomic E-state index is 12.8. The van der Waals surface area contributed by atoms with Gasteiger partial charge >= 0.3 is 0 Å². The number of fused-ring (bicyclic) bond motifs is 1. The molecule has 1 amide bonds. The first-order valence-electron chi connectivity index (χ1n) is 8.73. The number of aliphatic hydroxyl groups is 1. The monoisotopic (exact) mass is 352 g/mol. The highest BCUT2D eigenvalue weighted by atomic mass is 16.3. The minimum absolute atomic E-state index is 0.0410. The summed E-state index contributed by atoms with van der Waals surface area (Å²) in [5.41, 5.74) is 2.76. The number of carbonyl (C=O) groups excluding carboxylic acids is 1. The molecule has 1 aliphatic heterocycles. The van der Waals surface area contributed by atoms with Crippen molar-refractivity contribution in [2.24, 2.45) is 5.92 Å². The zero-order valence-electron chi connectivity index (χ0n) is 14.3. The number of hydrogen-bond acceptors (Lipinski definition) is 6. The minimum Gasteiger partial charge on any atom is -0.390 e. The SMILES string of the molecule is O=C(c1ccc2nccnc2c1)N1CCC(Cn2cc(CO)nn2)CC1. The number of aromatic nitrogens is 5. The Bertz CT molecular complexity index is 917. The molecule has 8 heteroatoms. The normalized spacial score (nSPS) is 15.5. The summed E-state index contributed by atoms with van der Waals surface area (Å²) in [6, 6.07) is 5.46. The summed E-state index contributed by atoms with van der Waals surface area (Å²) in [5.74, 6) is 0.495. The fraction of sp³-hybridized carbons (Fsp3) is 0.389. The fourth-order valence-electron chi connectivity index (χ4n) is 3.36. The number of benzene rings is 1. The van der Waals surface area contributed by atoms with Crippen LogP contribution >= 0.6 is 0 Å². The van der Waals surface area contributed by atoms with Gasteiger partial charge in [-0.3, -0.25) is 19.4 Å². The van der Waals surface area contributed by atoms with Gasteiger partial charge in [-0.05, 0) is 37.0 Å². The molecule has 0 saturated carbocycles. The van der Waals surface area contributed by atoms with Crippen LogP contribution in [0.2, 0.25) is 0 Å². The van der Waals surface area contributed by atoms with Crippen molar-refractivity contribution in [1.29, 1.82) is 0 Å². The molecule has 134 valence electrons. The van der Waals surface area contributed by atoms with Gasteiger partial charge in [0.2, 0.25) is 0 Å². The van der Waals surface area contributed by atoms with Gasteiger partial charge in [0.25, 0.3) is 5.91 Å². The minimum atomic E-state index is -0.0942. The van der Waals surface area contributed by atoms with Gasteiger partial charge in [0.1, 0.15) is 5.69 Å². The van der Waals surface area contributed by atoms with Crippen molar-refractivity contribution in [3.63, 3.8) is 0 Å². The van der Waals surface area contributed by atoms with Crippen LogP contribution in [0.3, 0.4) is 0 Å². The standard InChI is InChI=1S/C18H20N6O2/c25-12-15-11-24(22-21-15)10-13-3-7-23(8-4-13)18(26)14-1-2-16-17(9-14)20-6-5-19-16/h1-2,5-6,9,11,13,25H,3-4,7-8,10,12H2. The van der Waals surface area contributed by atoms with E-state index >= 15 is 0 Å². The van der Waals surface area contributed by atoms with Gasteiger partial charge < -0.3 is 10.0 Å². The van der Waals surface area contributed by atoms with Gasteiger partial charge in [-0.2, -0.15) is 0 Å². The predicted octanol–water partition coefficient (Wildman–Crippen LogP) is 1.27. The van der Waals surface area contributed by atoms with E-state index in [-0.39, 0.29) is 12.5 Å². The molecule has 0 radical (unpaired) electrons. The van der Waals surface area contributed by atoms with Crippen molar-refractivity contribution in [2.75, 3.05) is 13.1 Å². The fourth-order valence-corrected chi connectivity index (χ4v) is 3.36. The second-order valence-corrected chi connectivity index (χ2v) is 6.59. The first-order valence-corrected chi connectivity index (χ1v) is 8.73. The van der Waals surface area contributed by atoms with E-state index in [1.165, 1.54) is 0 Å². The van der Waals surface area contributed by atoms with E-state index in [4.69, 9.17) is 5.11 Å². The average molecular weight is 352 g/mol. The molecule has 0 bridgehead atoms. The second-order valence-electron chi connectivity index (χ2n) is 6.59. The summed E-state index contributed by atoms with van der Waals surface area (Å²) >= 11 is 0. The molecular formula is C18H20N6O2. The third kappa shape index (κ3) is 3.41. The molecule has 1 fully saturated rings. The first kappa shape index (κ1) is 16.6. The van der Waals surface area contributed by atoms with Crippen molar-refractivity contribution in [3.05, 3.63) is 48.0 Å². The molecule has 0 atom stereocenters. The maximum Gasteiger partial charge on any atom is 0.253 e. The number of likely N-dealkylation sites (tertiary alicyclic amines) is 1. The van der Waals surface area contributed by atoms with Crippen molar-refractivity contribution in [1.82, 2.24) is 29.9 Å². The first-order chi connectivity index (χ1) is 12.7. The molecule has 1 saturated heterocycles. The molecule has 3 heterocycles. The lowest BCUT2D eigenvalue weighted by molar-refractivity contribution is 0.0681. The second kappa shape index (κ2) is 7.17. The van der Waals surface area contributed by atoms with Crippen LogP contribution in [-0.4, -0.2) is 54.0 Å². The molecule has 0 aliphatic carbocycles. The molecule has 2 aromatic heterocycles. The van der Waals surface area contributed by atoms with Crippen LogP contribution in [0.1, 0.15) is 28.9 Å². The van der Waals surface area contributed by atoms with Gasteiger partial charge in [-0.25, -0.2) is 0 Å². The van der Waals surface area contributed by atoms with Gasteiger partial charge in [0, 0.05) is 37.6 Å². The lowest BCUT2D eigenvalue weighted by atomic mass is 9.96. The number of amides is 1. The molecule has 1 aliphatic rings. The number of aliphatic hydroxyl groups excluding tert-OH is 1. The Morgan fingerprint density at radius 1 is 1.15 bits per heavy atom. The van der Waals surface area contributed by atoms with E-state index in [9.17, 15) is 4.79 Å². The topological polar surface area (TPSA) is 97.0 Å². The molecule has 0 unspecified atom stereocenters. The highest BCUT2D eigenvalue weighted by molar-refractivity contribution is 5.97. The molecule has 1 N–H and O–H groups in total. The summed E-state index contributed by atoms with van der Waals surface area (Å²) in [6.45, 7) is 2.12. The van der Waals surface area contributed by atoms with Crippen LogP contribution in [0.15, 0.2) is 36.8 Å². The molecular weight excluding hydrogens is 332 g/mol. The summed E-state index contributed by atoms with van der Waals surface area (Å²) in [6.07, 6.45) is 6.90. The Morgan fingerprint density at radius 2 is 1.92 bits per heavy atom. The van der Waals surface area contributed by atoms with Crippen molar-refractivity contribution >= 4 is 16.9 Å². The van der Waals surface area contributed by atoms with E-state index in [1.807, 2.05) is 23.1 Å². The largest absolute Gasteiger partial charge is 0.390 e. The smallest absolute Gasteiger partial charge is 0.253 e. The quantitative estimate of drug-likeness (QED) is 0.759. The van der Waals surface area contributed by atoms with Crippen LogP contribution in [0.25, 0.3) is 11.0 Å². The molecule has 26 heavy (non-hydrogen) atoms. The Morgan fingerprint density at radius 3 is 2.65 bits per heavy atom. The highest BCUT2D eigenvalue weighted by Crippen LogP contribution is 2.21. The number of piperidine rings is 1. The lowest BCUT2D eigenvalue weighted by Gasteiger charge is -2.32. The summed E-state index contributed by atoms with van der Waals surface area (Å²) in [4.78, 5) is 23.2. The van der Waals surface area contributed by atoms with Crippen LogP contribution in [0.4, 0.5) is 0 Å². The number of carbonyl (C=O) groups is 1. The Labute approximate surface area is 150 Å². The van der Waals surface area contributed by atoms with E-state index in [2.05, 4.69) is 20.3 Å². The lowest BCUT2D eigenvalue weighted by Crippen LogP contribution is -2.39. The van der Waals surface area contributed by atoms with Crippen molar-refractivity contribution in [3.8, 4) is 0 Å². The average Bonchev–Trinajstić information content (AvgIpc) is 3.15. The maximum atomic E-state index is 12.8. The molecule has 3 aromatic rings. The van der Waals surface area contributed by atoms with Gasteiger partial charge in [-0.1, -0.05) is 5.21 Å². The van der Waals surface area contributed by atoms with Crippen LogP contribution < -0.4 is 0 Å². The van der Waals surface area contributed by atoms with Crippen molar-refractivity contribution in [2.45, 2.75) is 26.0 Å². The molecule has 1 aromatic carbocycles. The third-order valence-electron chi connectivity index (χ3n) is 4.81. The van der Waals surface area contributed by atoms with Gasteiger partial charge in [0.15, 0.2) is 0 Å². The Balaban J connectivity index is 1.38. The van der Waals surface area contributed by atoms with E-state index < -0.39 is 0 Å². The molecule has 4 rings (SSSR count). The number of rotatable bonds is 4. The van der Waals surface area contributed by atoms with E-state index in [0.717, 1.165) is 43.5 Å². The molecule has 0 spiro atoms. The predicted molar refractivity (Wildman–Crippen MR) is 94.1 cm³/mol. The van der Waals surface area contributed by atoms with E-state index in [1.54, 1.807) is 23.3 Å². The zero-order chi connectivity index (χ0) is 17.9. The summed E-state index contributed by atoms with van der Waals surface area (Å²) in [5, 5.41) is 17.0. The van der Waals surface area contributed by atoms with Crippen LogP contribution in [0, 0.1) is 5.92 Å². The number of hydrogen-bond donors (Lipinski definition) is 1. The Hall–Kier alpha value is -2.87. The zero-order valence-corrected chi connectivity index (χ0v) is 14.3. The van der Waals surface area contributed by atoms with Crippen LogP contribution in [-0.2, 0) is 13.2 Å². The highest BCUT2D eigenvalue weighted by Gasteiger charge is 2.24. The summed E-state index contributed by atoms with van der Waals surface area (Å²) in [7, 11) is 0. The summed E-state index contributed by atoms with van der Waals surface area (Å²) < 4.78 is 1.77. The van der Waals surface area contributed by atoms with Crippen molar-refractivity contribution < 1.29 is 9.90 Å². The van der Waals surface area contributed by atoms with Gasteiger partial charge in [0.05, 0.1) is 23.8 Å². The Kier molecular flexibility index (Phi) is 4.57. The number of nitrogens with zero attached hydrogens (tertiary/aromatic N) is 6. The van der Waals surface area contributed by atoms with E-state index in [0.29, 0.717) is 17.2 Å². The van der Waals surface area contributed by atoms with Gasteiger partial charge in [-0.15, -0.1) is 5.10 Å². The molecule has 8 nitrogen and oxygen atoms in total.